The highest BCUT2D eigenvalue weighted by Gasteiger charge is 2.13. The second-order valence-electron chi connectivity index (χ2n) is 4.36. The predicted molar refractivity (Wildman–Crippen MR) is 72.5 cm³/mol. The van der Waals surface area contributed by atoms with E-state index in [1.165, 1.54) is 0 Å². The predicted octanol–water partition coefficient (Wildman–Crippen LogP) is 3.81. The van der Waals surface area contributed by atoms with E-state index in [9.17, 15) is 0 Å². The summed E-state index contributed by atoms with van der Waals surface area (Å²) in [5, 5.41) is 4.00. The molecule has 0 saturated heterocycles. The Balaban J connectivity index is 3.00. The minimum Gasteiger partial charge on any atom is -0.493 e. The number of methoxy groups -OCH3 is 2. The second kappa shape index (κ2) is 6.01. The third kappa shape index (κ3) is 3.43. The average molecular weight is 258 g/mol. The van der Waals surface area contributed by atoms with Crippen LogP contribution in [0.15, 0.2) is 12.1 Å². The molecular formula is C13H20ClNO2. The van der Waals surface area contributed by atoms with E-state index in [2.05, 4.69) is 26.1 Å². The van der Waals surface area contributed by atoms with Gasteiger partial charge in [0.05, 0.1) is 24.9 Å². The lowest BCUT2D eigenvalue weighted by molar-refractivity contribution is 0.355. The zero-order valence-corrected chi connectivity index (χ0v) is 11.8. The molecule has 17 heavy (non-hydrogen) atoms. The molecule has 3 nitrogen and oxygen atoms in total. The van der Waals surface area contributed by atoms with Crippen LogP contribution in [-0.2, 0) is 0 Å². The van der Waals surface area contributed by atoms with Gasteiger partial charge in [-0.15, -0.1) is 0 Å². The number of anilines is 1. The van der Waals surface area contributed by atoms with E-state index in [1.54, 1.807) is 20.3 Å². The number of benzene rings is 1. The van der Waals surface area contributed by atoms with Crippen LogP contribution in [0.5, 0.6) is 11.5 Å². The largest absolute Gasteiger partial charge is 0.493 e. The van der Waals surface area contributed by atoms with E-state index in [0.717, 1.165) is 5.69 Å². The van der Waals surface area contributed by atoms with Crippen LogP contribution in [0.25, 0.3) is 0 Å². The molecule has 1 atom stereocenters. The van der Waals surface area contributed by atoms with Crippen LogP contribution in [0.4, 0.5) is 5.69 Å². The van der Waals surface area contributed by atoms with Crippen LogP contribution in [0.2, 0.25) is 5.02 Å². The van der Waals surface area contributed by atoms with Gasteiger partial charge in [0, 0.05) is 18.2 Å². The van der Waals surface area contributed by atoms with Gasteiger partial charge in [0.25, 0.3) is 0 Å². The third-order valence-corrected chi connectivity index (χ3v) is 3.17. The molecule has 0 amide bonds. The summed E-state index contributed by atoms with van der Waals surface area (Å²) in [5.41, 5.74) is 0.866. The van der Waals surface area contributed by atoms with E-state index >= 15 is 0 Å². The van der Waals surface area contributed by atoms with Crippen molar-refractivity contribution in [2.24, 2.45) is 5.92 Å². The normalized spacial score (nSPS) is 12.4. The maximum Gasteiger partial charge on any atom is 0.162 e. The fourth-order valence-electron chi connectivity index (χ4n) is 1.38. The second-order valence-corrected chi connectivity index (χ2v) is 4.77. The molecule has 0 aromatic heterocycles. The zero-order chi connectivity index (χ0) is 13.0. The van der Waals surface area contributed by atoms with Crippen molar-refractivity contribution in [1.29, 1.82) is 0 Å². The van der Waals surface area contributed by atoms with Gasteiger partial charge in [-0.2, -0.15) is 0 Å². The minimum absolute atomic E-state index is 0.339. The van der Waals surface area contributed by atoms with Crippen LogP contribution in [0.1, 0.15) is 20.8 Å². The fraction of sp³-hybridized carbons (Fsp3) is 0.538. The van der Waals surface area contributed by atoms with Crippen LogP contribution < -0.4 is 14.8 Å². The first kappa shape index (κ1) is 14.0. The van der Waals surface area contributed by atoms with E-state index in [-0.39, 0.29) is 0 Å². The standard InChI is InChI=1S/C13H20ClNO2/c1-8(2)9(3)15-11-7-13(17-5)12(16-4)6-10(11)14/h6-9,15H,1-5H3. The highest BCUT2D eigenvalue weighted by atomic mass is 35.5. The average Bonchev–Trinajstić information content (AvgIpc) is 2.30. The van der Waals surface area contributed by atoms with Crippen molar-refractivity contribution in [3.05, 3.63) is 17.2 Å². The minimum atomic E-state index is 0.339. The highest BCUT2D eigenvalue weighted by Crippen LogP contribution is 2.36. The smallest absolute Gasteiger partial charge is 0.162 e. The Hall–Kier alpha value is -1.09. The lowest BCUT2D eigenvalue weighted by atomic mass is 10.1. The molecule has 1 unspecified atom stereocenters. The first-order chi connectivity index (χ1) is 7.99. The Bertz CT molecular complexity index is 380. The maximum atomic E-state index is 6.19. The summed E-state index contributed by atoms with van der Waals surface area (Å²) in [4.78, 5) is 0. The molecule has 0 aliphatic rings. The number of hydrogen-bond donors (Lipinski definition) is 1. The van der Waals surface area contributed by atoms with Crippen molar-refractivity contribution in [3.8, 4) is 11.5 Å². The van der Waals surface area contributed by atoms with Crippen LogP contribution in [-0.4, -0.2) is 20.3 Å². The van der Waals surface area contributed by atoms with Crippen molar-refractivity contribution in [2.75, 3.05) is 19.5 Å². The Morgan fingerprint density at radius 3 is 2.06 bits per heavy atom. The molecular weight excluding hydrogens is 238 g/mol. The van der Waals surface area contributed by atoms with Gasteiger partial charge in [-0.1, -0.05) is 25.4 Å². The summed E-state index contributed by atoms with van der Waals surface area (Å²) >= 11 is 6.19. The monoisotopic (exact) mass is 257 g/mol. The zero-order valence-electron chi connectivity index (χ0n) is 11.0. The van der Waals surface area contributed by atoms with Crippen LogP contribution >= 0.6 is 11.6 Å². The molecule has 0 aliphatic heterocycles. The van der Waals surface area contributed by atoms with E-state index < -0.39 is 0 Å². The summed E-state index contributed by atoms with van der Waals surface area (Å²) in [5.74, 6) is 1.84. The number of nitrogens with one attached hydrogen (secondary N) is 1. The summed E-state index contributed by atoms with van der Waals surface area (Å²) in [6.45, 7) is 6.44. The van der Waals surface area contributed by atoms with Crippen molar-refractivity contribution < 1.29 is 9.47 Å². The lowest BCUT2D eigenvalue weighted by Crippen LogP contribution is -2.21. The topological polar surface area (TPSA) is 30.5 Å². The van der Waals surface area contributed by atoms with E-state index in [0.29, 0.717) is 28.5 Å². The van der Waals surface area contributed by atoms with Gasteiger partial charge in [0.2, 0.25) is 0 Å². The van der Waals surface area contributed by atoms with Crippen molar-refractivity contribution in [1.82, 2.24) is 0 Å². The Morgan fingerprint density at radius 1 is 1.06 bits per heavy atom. The molecule has 0 heterocycles. The summed E-state index contributed by atoms with van der Waals surface area (Å²) in [7, 11) is 3.21. The highest BCUT2D eigenvalue weighted by molar-refractivity contribution is 6.33. The SMILES string of the molecule is COc1cc(Cl)c(NC(C)C(C)C)cc1OC. The van der Waals surface area contributed by atoms with Gasteiger partial charge in [-0.25, -0.2) is 0 Å². The number of rotatable bonds is 5. The molecule has 0 spiro atoms. The number of hydrogen-bond acceptors (Lipinski definition) is 3. The number of ether oxygens (including phenoxy) is 2. The van der Waals surface area contributed by atoms with E-state index in [4.69, 9.17) is 21.1 Å². The molecule has 0 saturated carbocycles. The fourth-order valence-corrected chi connectivity index (χ4v) is 1.58. The van der Waals surface area contributed by atoms with Crippen molar-refractivity contribution in [3.63, 3.8) is 0 Å². The molecule has 0 aliphatic carbocycles. The summed E-state index contributed by atoms with van der Waals surface area (Å²) < 4.78 is 10.4. The molecule has 0 radical (unpaired) electrons. The molecule has 1 aromatic carbocycles. The van der Waals surface area contributed by atoms with E-state index in [1.807, 2.05) is 6.07 Å². The van der Waals surface area contributed by atoms with Gasteiger partial charge < -0.3 is 14.8 Å². The van der Waals surface area contributed by atoms with Crippen molar-refractivity contribution in [2.45, 2.75) is 26.8 Å². The maximum absolute atomic E-state index is 6.19. The third-order valence-electron chi connectivity index (χ3n) is 2.86. The lowest BCUT2D eigenvalue weighted by Gasteiger charge is -2.20. The molecule has 1 aromatic rings. The molecule has 0 bridgehead atoms. The molecule has 1 rings (SSSR count). The van der Waals surface area contributed by atoms with Crippen molar-refractivity contribution >= 4 is 17.3 Å². The molecule has 96 valence electrons. The molecule has 4 heteroatoms. The Morgan fingerprint density at radius 2 is 1.59 bits per heavy atom. The molecule has 1 N–H and O–H groups in total. The Kier molecular flexibility index (Phi) is 4.94. The quantitative estimate of drug-likeness (QED) is 0.870. The summed E-state index contributed by atoms with van der Waals surface area (Å²) in [6.07, 6.45) is 0. The van der Waals surface area contributed by atoms with Gasteiger partial charge in [-0.3, -0.25) is 0 Å². The van der Waals surface area contributed by atoms with Crippen LogP contribution in [0.3, 0.4) is 0 Å². The Labute approximate surface area is 108 Å². The van der Waals surface area contributed by atoms with Gasteiger partial charge >= 0.3 is 0 Å². The van der Waals surface area contributed by atoms with Crippen LogP contribution in [0, 0.1) is 5.92 Å². The molecule has 0 fully saturated rings. The van der Waals surface area contributed by atoms with Gasteiger partial charge in [-0.05, 0) is 12.8 Å². The van der Waals surface area contributed by atoms with Gasteiger partial charge in [0.15, 0.2) is 11.5 Å². The summed E-state index contributed by atoms with van der Waals surface area (Å²) in [6, 6.07) is 3.96. The van der Waals surface area contributed by atoms with Gasteiger partial charge in [0.1, 0.15) is 0 Å². The number of halogens is 1. The first-order valence-corrected chi connectivity index (χ1v) is 6.05. The first-order valence-electron chi connectivity index (χ1n) is 5.67.